The number of ether oxygens (including phenoxy) is 4. The molecule has 7 N–H and O–H groups in total. The van der Waals surface area contributed by atoms with Crippen molar-refractivity contribution in [3.63, 3.8) is 0 Å². The molecule has 2 bridgehead atoms. The predicted molar refractivity (Wildman–Crippen MR) is 161 cm³/mol. The van der Waals surface area contributed by atoms with Crippen molar-refractivity contribution in [2.45, 2.75) is 49.1 Å². The van der Waals surface area contributed by atoms with Crippen molar-refractivity contribution in [1.29, 1.82) is 0 Å². The summed E-state index contributed by atoms with van der Waals surface area (Å²) >= 11 is 0. The van der Waals surface area contributed by atoms with E-state index in [-0.39, 0.29) is 34.1 Å². The number of rotatable bonds is 5. The molecule has 3 aliphatic heterocycles. The monoisotopic (exact) mass is 718 g/mol. The summed E-state index contributed by atoms with van der Waals surface area (Å²) in [7, 11) is -5.71. The van der Waals surface area contributed by atoms with Gasteiger partial charge in [0.05, 0.1) is 0 Å². The van der Waals surface area contributed by atoms with E-state index < -0.39 is 83.8 Å². The zero-order valence-corrected chi connectivity index (χ0v) is 27.3. The first-order valence-corrected chi connectivity index (χ1v) is 17.4. The van der Waals surface area contributed by atoms with Crippen molar-refractivity contribution in [1.82, 2.24) is 39.0 Å². The number of fused-ring (bicyclic) bond motifs is 5. The Morgan fingerprint density at radius 1 is 0.958 bits per heavy atom. The topological polar surface area (TPSA) is 300 Å². The van der Waals surface area contributed by atoms with Crippen molar-refractivity contribution in [3.05, 3.63) is 29.3 Å². The van der Waals surface area contributed by atoms with Gasteiger partial charge in [0.2, 0.25) is 0 Å². The van der Waals surface area contributed by atoms with Gasteiger partial charge in [-0.3, -0.25) is 0 Å². The molecular formula is C23H32N10O13P2. The number of nitrogens with two attached hydrogens (primary N) is 2. The van der Waals surface area contributed by atoms with E-state index in [1.54, 1.807) is 0 Å². The Balaban J connectivity index is 1.25. The Hall–Kier alpha value is -3.28. The van der Waals surface area contributed by atoms with Crippen molar-refractivity contribution in [2.75, 3.05) is 46.0 Å². The van der Waals surface area contributed by atoms with Crippen LogP contribution in [0.25, 0.3) is 22.3 Å². The van der Waals surface area contributed by atoms with Gasteiger partial charge < -0.3 is 0 Å². The molecule has 0 saturated carbocycles. The fraction of sp³-hybridized carbons (Fsp3) is 0.565. The quantitative estimate of drug-likeness (QED) is 0.153. The Labute approximate surface area is 269 Å². The number of nitrogen functional groups attached to an aromatic ring is 2. The Bertz CT molecular complexity index is 1930. The summed E-state index contributed by atoms with van der Waals surface area (Å²) in [5.41, 5.74) is 11.6. The average Bonchev–Trinajstić information content (AvgIpc) is 3.82. The van der Waals surface area contributed by atoms with Crippen LogP contribution in [0.3, 0.4) is 0 Å². The van der Waals surface area contributed by atoms with Crippen LogP contribution in [0.5, 0.6) is 0 Å². The molecule has 0 aliphatic carbocycles. The minimum absolute atomic E-state index is 0.0185. The molecule has 0 amide bonds. The zero-order valence-electron chi connectivity index (χ0n) is 25.4. The maximum absolute atomic E-state index is 13.5. The molecule has 3 fully saturated rings. The summed E-state index contributed by atoms with van der Waals surface area (Å²) in [5, 5.41) is 0. The second-order valence-electron chi connectivity index (χ2n) is 10.8. The molecule has 0 aromatic carbocycles. The molecule has 9 unspecified atom stereocenters. The molecule has 25 heteroatoms. The third-order valence-corrected chi connectivity index (χ3v) is 10.7. The molecule has 9 atom stereocenters. The second-order valence-corrected chi connectivity index (χ2v) is 14.2. The van der Waals surface area contributed by atoms with Gasteiger partial charge in [0.1, 0.15) is 0 Å². The number of nitrogens with zero attached hydrogens (tertiary/aromatic N) is 7. The number of imidazole rings is 2. The van der Waals surface area contributed by atoms with Crippen LogP contribution in [0, 0.1) is 0 Å². The number of phosphoric acid groups is 1. The van der Waals surface area contributed by atoms with Crippen LogP contribution < -0.4 is 17.0 Å². The number of methoxy groups -OCH3 is 2. The predicted octanol–water partition coefficient (Wildman–Crippen LogP) is -1.09. The first kappa shape index (κ1) is 33.2. The summed E-state index contributed by atoms with van der Waals surface area (Å²) < 4.78 is 68.4. The van der Waals surface area contributed by atoms with Gasteiger partial charge in [-0.2, -0.15) is 0 Å². The molecule has 7 heterocycles. The number of phosphoric ester groups is 1. The fourth-order valence-electron chi connectivity index (χ4n) is 5.96. The number of hydrogen-bond acceptors (Lipinski definition) is 19. The van der Waals surface area contributed by atoms with Crippen LogP contribution >= 0.6 is 16.0 Å². The minimum atomic E-state index is -4.91. The van der Waals surface area contributed by atoms with Gasteiger partial charge in [0.25, 0.3) is 0 Å². The van der Waals surface area contributed by atoms with Crippen molar-refractivity contribution >= 4 is 50.1 Å². The van der Waals surface area contributed by atoms with Crippen molar-refractivity contribution < 1.29 is 55.9 Å². The van der Waals surface area contributed by atoms with Gasteiger partial charge in [0, 0.05) is 0 Å². The average molecular weight is 719 g/mol. The van der Waals surface area contributed by atoms with Gasteiger partial charge in [-0.15, -0.1) is 0 Å². The van der Waals surface area contributed by atoms with Crippen LogP contribution in [-0.4, -0.2) is 120 Å². The first-order valence-electron chi connectivity index (χ1n) is 14.2. The summed E-state index contributed by atoms with van der Waals surface area (Å²) in [6.07, 6.45) is -5.39. The van der Waals surface area contributed by atoms with Gasteiger partial charge in [-0.1, -0.05) is 0 Å². The van der Waals surface area contributed by atoms with E-state index in [0.717, 1.165) is 0 Å². The summed E-state index contributed by atoms with van der Waals surface area (Å²) in [6.45, 7) is -1.07. The normalized spacial score (nSPS) is 34.8. The SMILES string of the molecule is COC1C2COP(=O)(O)OC3C(CO[PH](O)(OC)OC1C(n1cnc4c(=O)[nH]c(N)nc41)O2)OC(n1cnc2c(N)ncnc21)C3OC. The first-order chi connectivity index (χ1) is 23.0. The number of hydrogen-bond donors (Lipinski definition) is 5. The fourth-order valence-corrected chi connectivity index (χ4v) is 8.17. The van der Waals surface area contributed by atoms with Crippen LogP contribution in [0.4, 0.5) is 11.8 Å². The molecule has 262 valence electrons. The molecule has 23 nitrogen and oxygen atoms in total. The van der Waals surface area contributed by atoms with E-state index in [1.807, 2.05) is 0 Å². The molecule has 0 radical (unpaired) electrons. The number of H-pyrrole nitrogens is 1. The van der Waals surface area contributed by atoms with E-state index in [2.05, 4.69) is 29.9 Å². The number of anilines is 2. The Morgan fingerprint density at radius 3 is 2.40 bits per heavy atom. The molecule has 4 aromatic rings. The third-order valence-electron chi connectivity index (χ3n) is 8.13. The van der Waals surface area contributed by atoms with Crippen LogP contribution in [0.15, 0.2) is 23.8 Å². The Kier molecular flexibility index (Phi) is 8.69. The molecule has 7 rings (SSSR count). The standard InChI is InChI=1S/C23H32N10O13P2/c1-38-13-9-4-41-47(35,36)45-14-10(44-21(15(14)39-2)32-7-28-11-17(24)26-6-27-18(11)32)5-42-48(37,40-3)46-16(13)22(43-9)33-8-29-12-19(33)30-23(25)31-20(12)34/h6-10,13-16,21-22,37,48H,4-5H2,1-3H3,(H,35,36)(H2,24,26,27)(H3,25,30,31,34). The third kappa shape index (κ3) is 5.75. The molecule has 3 aliphatic rings. The van der Waals surface area contributed by atoms with E-state index >= 15 is 0 Å². The number of nitrogens with one attached hydrogen (secondary N) is 1. The molecule has 0 spiro atoms. The van der Waals surface area contributed by atoms with Gasteiger partial charge in [-0.05, 0) is 0 Å². The number of aromatic amines is 1. The van der Waals surface area contributed by atoms with Gasteiger partial charge in [-0.25, -0.2) is 0 Å². The molecule has 3 saturated heterocycles. The zero-order chi connectivity index (χ0) is 34.0. The molecule has 4 aromatic heterocycles. The van der Waals surface area contributed by atoms with Gasteiger partial charge >= 0.3 is 269 Å². The second kappa shape index (κ2) is 12.6. The Morgan fingerprint density at radius 2 is 1.67 bits per heavy atom. The molecule has 48 heavy (non-hydrogen) atoms. The van der Waals surface area contributed by atoms with Crippen LogP contribution in [-0.2, 0) is 46.1 Å². The van der Waals surface area contributed by atoms with Gasteiger partial charge in [0.15, 0.2) is 0 Å². The molecular weight excluding hydrogens is 686 g/mol. The van der Waals surface area contributed by atoms with E-state index in [4.69, 9.17) is 53.0 Å². The number of aromatic nitrogens is 8. The van der Waals surface area contributed by atoms with Crippen molar-refractivity contribution in [3.8, 4) is 0 Å². The van der Waals surface area contributed by atoms with E-state index in [1.165, 1.54) is 49.4 Å². The van der Waals surface area contributed by atoms with Crippen LogP contribution in [0.1, 0.15) is 12.5 Å². The summed E-state index contributed by atoms with van der Waals surface area (Å²) in [6, 6.07) is 0. The van der Waals surface area contributed by atoms with Crippen molar-refractivity contribution in [2.24, 2.45) is 0 Å². The van der Waals surface area contributed by atoms with Crippen LogP contribution in [0.2, 0.25) is 0 Å². The maximum atomic E-state index is 13.5. The summed E-state index contributed by atoms with van der Waals surface area (Å²) in [5.74, 6) is -0.0772. The summed E-state index contributed by atoms with van der Waals surface area (Å²) in [4.78, 5) is 58.0. The van der Waals surface area contributed by atoms with E-state index in [0.29, 0.717) is 0 Å². The van der Waals surface area contributed by atoms with E-state index in [9.17, 15) is 19.1 Å².